The van der Waals surface area contributed by atoms with E-state index in [-0.39, 0.29) is 31.5 Å². The van der Waals surface area contributed by atoms with Gasteiger partial charge in [-0.05, 0) is 83.1 Å². The summed E-state index contributed by atoms with van der Waals surface area (Å²) in [6.07, 6.45) is 69.8. The van der Waals surface area contributed by atoms with Gasteiger partial charge in [0.1, 0.15) is 19.3 Å². The van der Waals surface area contributed by atoms with E-state index < -0.39 is 20.0 Å². The zero-order valence-electron chi connectivity index (χ0n) is 51.0. The Kier molecular flexibility index (Phi) is 54.7. The maximum Gasteiger partial charge on any atom is 0.472 e. The highest BCUT2D eigenvalue weighted by Crippen LogP contribution is 2.43. The number of amides is 1. The van der Waals surface area contributed by atoms with Gasteiger partial charge in [0.2, 0.25) is 5.91 Å². The van der Waals surface area contributed by atoms with Crippen molar-refractivity contribution in [1.82, 2.24) is 5.32 Å². The molecule has 10 heteroatoms. The average molecular weight is 1090 g/mol. The van der Waals surface area contributed by atoms with Gasteiger partial charge in [-0.1, -0.05) is 262 Å². The maximum absolute atomic E-state index is 13.5. The number of ether oxygens (including phenoxy) is 1. The molecule has 0 aromatic carbocycles. The van der Waals surface area contributed by atoms with Crippen LogP contribution in [0.4, 0.5) is 0 Å². The van der Waals surface area contributed by atoms with E-state index in [1.54, 1.807) is 0 Å². The van der Waals surface area contributed by atoms with Crippen molar-refractivity contribution in [2.45, 2.75) is 322 Å². The number of carbonyl (C=O) groups excluding carboxylic acids is 2. The van der Waals surface area contributed by atoms with Gasteiger partial charge in [0.15, 0.2) is 0 Å². The lowest BCUT2D eigenvalue weighted by Gasteiger charge is -2.27. The van der Waals surface area contributed by atoms with Crippen molar-refractivity contribution < 1.29 is 37.3 Å². The van der Waals surface area contributed by atoms with Crippen LogP contribution in [-0.2, 0) is 27.9 Å². The lowest BCUT2D eigenvalue weighted by atomic mass is 10.0. The number of phosphoric ester groups is 1. The highest BCUT2D eigenvalue weighted by Gasteiger charge is 2.30. The van der Waals surface area contributed by atoms with E-state index in [4.69, 9.17) is 13.8 Å². The number of likely N-dealkylation sites (N-methyl/N-ethyl adjacent to an activating group) is 1. The number of hydrogen-bond donors (Lipinski definition) is 2. The van der Waals surface area contributed by atoms with Crippen LogP contribution in [0.1, 0.15) is 310 Å². The zero-order chi connectivity index (χ0) is 55.7. The Morgan fingerprint density at radius 2 is 0.803 bits per heavy atom. The van der Waals surface area contributed by atoms with Crippen LogP contribution < -0.4 is 5.32 Å². The van der Waals surface area contributed by atoms with Crippen molar-refractivity contribution >= 4 is 19.7 Å². The molecule has 0 spiro atoms. The molecule has 446 valence electrons. The Balaban J connectivity index is 5.14. The number of unbranched alkanes of at least 4 members (excludes halogenated alkanes) is 38. The summed E-state index contributed by atoms with van der Waals surface area (Å²) in [6, 6.07) is -0.860. The third kappa shape index (κ3) is 56.7. The van der Waals surface area contributed by atoms with Gasteiger partial charge < -0.3 is 19.4 Å². The summed E-state index contributed by atoms with van der Waals surface area (Å²) in [5.41, 5.74) is 0. The SMILES string of the molecule is CCCCCCCC/C=C/CCCCCCCCCCCCCCCC(=O)OC(/C=C\CCCCCCCCCCC)C(COP(=O)(O)OCC[N+](C)(C)C)NC(=O)CCCCC/C=C/C=C/CCCCCCCCC. The minimum absolute atomic E-state index is 0.0358. The van der Waals surface area contributed by atoms with Gasteiger partial charge >= 0.3 is 13.8 Å². The van der Waals surface area contributed by atoms with Crippen LogP contribution in [-0.4, -0.2) is 74.3 Å². The number of allylic oxidation sites excluding steroid dienone is 7. The van der Waals surface area contributed by atoms with E-state index in [0.29, 0.717) is 23.9 Å². The van der Waals surface area contributed by atoms with Gasteiger partial charge in [-0.25, -0.2) is 4.57 Å². The van der Waals surface area contributed by atoms with Gasteiger partial charge in [0, 0.05) is 12.8 Å². The van der Waals surface area contributed by atoms with E-state index in [1.165, 1.54) is 205 Å². The van der Waals surface area contributed by atoms with E-state index in [2.05, 4.69) is 62.5 Å². The molecule has 9 nitrogen and oxygen atoms in total. The second-order valence-electron chi connectivity index (χ2n) is 23.3. The van der Waals surface area contributed by atoms with E-state index in [9.17, 15) is 19.0 Å². The van der Waals surface area contributed by atoms with Crippen molar-refractivity contribution in [2.75, 3.05) is 40.9 Å². The molecule has 0 aliphatic heterocycles. The summed E-state index contributed by atoms with van der Waals surface area (Å²) in [5, 5.41) is 3.04. The monoisotopic (exact) mass is 1090 g/mol. The molecule has 3 unspecified atom stereocenters. The van der Waals surface area contributed by atoms with Crippen molar-refractivity contribution in [2.24, 2.45) is 0 Å². The number of carbonyl (C=O) groups is 2. The quantitative estimate of drug-likeness (QED) is 0.0156. The molecule has 2 N–H and O–H groups in total. The number of nitrogens with zero attached hydrogens (tertiary/aromatic N) is 1. The fraction of sp³-hybridized carbons (Fsp3) is 0.848. The molecule has 0 aromatic rings. The molecule has 3 atom stereocenters. The normalized spacial score (nSPS) is 13.9. The Bertz CT molecular complexity index is 1440. The minimum atomic E-state index is -4.45. The number of quaternary nitrogens is 1. The van der Waals surface area contributed by atoms with Crippen LogP contribution in [0.3, 0.4) is 0 Å². The predicted octanol–water partition coefficient (Wildman–Crippen LogP) is 20.1. The summed E-state index contributed by atoms with van der Waals surface area (Å²) in [7, 11) is 1.49. The first-order chi connectivity index (χ1) is 36.9. The van der Waals surface area contributed by atoms with Gasteiger partial charge in [-0.15, -0.1) is 0 Å². The third-order valence-corrected chi connectivity index (χ3v) is 15.5. The molecule has 0 aromatic heterocycles. The Labute approximate surface area is 471 Å². The smallest absolute Gasteiger partial charge is 0.456 e. The zero-order valence-corrected chi connectivity index (χ0v) is 51.9. The van der Waals surface area contributed by atoms with Gasteiger partial charge in [0.05, 0.1) is 33.8 Å². The Morgan fingerprint density at radius 3 is 1.21 bits per heavy atom. The summed E-state index contributed by atoms with van der Waals surface area (Å²) in [4.78, 5) is 37.7. The predicted molar refractivity (Wildman–Crippen MR) is 328 cm³/mol. The molecule has 0 saturated carbocycles. The molecule has 0 aliphatic carbocycles. The fourth-order valence-corrected chi connectivity index (χ4v) is 10.2. The van der Waals surface area contributed by atoms with E-state index in [0.717, 1.165) is 64.2 Å². The molecule has 0 heterocycles. The molecular weight excluding hydrogens is 964 g/mol. The summed E-state index contributed by atoms with van der Waals surface area (Å²) in [5.74, 6) is -0.527. The first kappa shape index (κ1) is 74.0. The van der Waals surface area contributed by atoms with Crippen molar-refractivity contribution in [3.8, 4) is 0 Å². The molecule has 1 amide bonds. The Morgan fingerprint density at radius 1 is 0.461 bits per heavy atom. The minimum Gasteiger partial charge on any atom is -0.456 e. The van der Waals surface area contributed by atoms with Gasteiger partial charge in [-0.3, -0.25) is 18.6 Å². The number of esters is 1. The molecular formula is C66H126N2O7P+. The van der Waals surface area contributed by atoms with Crippen molar-refractivity contribution in [3.05, 3.63) is 48.6 Å². The van der Waals surface area contributed by atoms with Crippen LogP contribution in [0.15, 0.2) is 48.6 Å². The second-order valence-corrected chi connectivity index (χ2v) is 24.8. The lowest BCUT2D eigenvalue weighted by Crippen LogP contribution is -2.47. The summed E-state index contributed by atoms with van der Waals surface area (Å²) < 4.78 is 30.7. The van der Waals surface area contributed by atoms with Crippen molar-refractivity contribution in [3.63, 3.8) is 0 Å². The van der Waals surface area contributed by atoms with Crippen LogP contribution in [0.2, 0.25) is 0 Å². The maximum atomic E-state index is 13.5. The fourth-order valence-electron chi connectivity index (χ4n) is 9.46. The topological polar surface area (TPSA) is 111 Å². The molecule has 0 bridgehead atoms. The highest BCUT2D eigenvalue weighted by atomic mass is 31.2. The van der Waals surface area contributed by atoms with Gasteiger partial charge in [-0.2, -0.15) is 0 Å². The molecule has 0 rings (SSSR count). The molecule has 76 heavy (non-hydrogen) atoms. The second kappa shape index (κ2) is 56.3. The standard InChI is InChI=1S/C66H125N2O7P/c1-7-10-13-16-19-22-25-27-29-31-32-33-34-35-36-37-39-41-44-47-50-53-56-59-66(70)75-64(57-54-51-48-45-42-24-21-18-15-12-9-3)63(62-74-76(71,72)73-61-60-68(4,5)6)67-65(69)58-55-52-49-46-43-40-38-30-28-26-23-20-17-14-11-8-2/h27,29-30,38,40,43,54,57,63-64H,7-26,28,31-37,39,41-42,44-53,55-56,58-62H2,1-6H3,(H-,67,69,71,72)/p+1/b29-27+,38-30+,43-40+,57-54-. The van der Waals surface area contributed by atoms with Crippen LogP contribution in [0, 0.1) is 0 Å². The Hall–Kier alpha value is -2.03. The molecule has 0 radical (unpaired) electrons. The molecule has 0 saturated heterocycles. The number of nitrogens with one attached hydrogen (secondary N) is 1. The molecule has 0 fully saturated rings. The number of phosphoric acid groups is 1. The van der Waals surface area contributed by atoms with E-state index in [1.807, 2.05) is 33.3 Å². The highest BCUT2D eigenvalue weighted by molar-refractivity contribution is 7.47. The average Bonchev–Trinajstić information content (AvgIpc) is 3.38. The first-order valence-corrected chi connectivity index (χ1v) is 34.0. The summed E-state index contributed by atoms with van der Waals surface area (Å²) in [6.45, 7) is 7.00. The van der Waals surface area contributed by atoms with Crippen LogP contribution in [0.5, 0.6) is 0 Å². The lowest BCUT2D eigenvalue weighted by molar-refractivity contribution is -0.870. The first-order valence-electron chi connectivity index (χ1n) is 32.5. The van der Waals surface area contributed by atoms with E-state index >= 15 is 0 Å². The van der Waals surface area contributed by atoms with Crippen LogP contribution >= 0.6 is 7.82 Å². The third-order valence-electron chi connectivity index (χ3n) is 14.5. The summed E-state index contributed by atoms with van der Waals surface area (Å²) >= 11 is 0. The molecule has 0 aliphatic rings. The van der Waals surface area contributed by atoms with Crippen molar-refractivity contribution in [1.29, 1.82) is 0 Å². The largest absolute Gasteiger partial charge is 0.472 e. The number of hydrogen-bond acceptors (Lipinski definition) is 6. The number of rotatable bonds is 59. The van der Waals surface area contributed by atoms with Gasteiger partial charge in [0.25, 0.3) is 0 Å². The van der Waals surface area contributed by atoms with Crippen LogP contribution in [0.25, 0.3) is 0 Å².